The van der Waals surface area contributed by atoms with Crippen LogP contribution in [-0.2, 0) is 9.59 Å². The Kier molecular flexibility index (Phi) is 3.40. The van der Waals surface area contributed by atoms with Crippen molar-refractivity contribution in [3.05, 3.63) is 35.4 Å². The number of fused-ring (bicyclic) bond motifs is 1. The summed E-state index contributed by atoms with van der Waals surface area (Å²) in [4.78, 5) is 50.2. The van der Waals surface area contributed by atoms with Crippen molar-refractivity contribution < 1.29 is 19.2 Å². The lowest BCUT2D eigenvalue weighted by Gasteiger charge is -2.16. The van der Waals surface area contributed by atoms with E-state index in [0.717, 1.165) is 4.90 Å². The summed E-state index contributed by atoms with van der Waals surface area (Å²) in [6.07, 6.45) is 0.240. The lowest BCUT2D eigenvalue weighted by molar-refractivity contribution is -0.126. The van der Waals surface area contributed by atoms with Crippen LogP contribution >= 0.6 is 0 Å². The fourth-order valence-corrected chi connectivity index (χ4v) is 2.76. The van der Waals surface area contributed by atoms with E-state index in [9.17, 15) is 19.2 Å². The van der Waals surface area contributed by atoms with E-state index in [1.165, 1.54) is 4.90 Å². The van der Waals surface area contributed by atoms with Crippen molar-refractivity contribution in [1.29, 1.82) is 0 Å². The van der Waals surface area contributed by atoms with Gasteiger partial charge in [-0.25, -0.2) is 0 Å². The molecule has 1 aromatic rings. The minimum atomic E-state index is -0.463. The van der Waals surface area contributed by atoms with Gasteiger partial charge in [-0.2, -0.15) is 0 Å². The summed E-state index contributed by atoms with van der Waals surface area (Å²) in [6.45, 7) is 0.105. The highest BCUT2D eigenvalue weighted by atomic mass is 16.2. The first-order chi connectivity index (χ1) is 10.5. The van der Waals surface area contributed by atoms with Gasteiger partial charge in [-0.15, -0.1) is 0 Å². The summed E-state index contributed by atoms with van der Waals surface area (Å²) in [5, 5.41) is 2.69. The first kappa shape index (κ1) is 14.2. The summed E-state index contributed by atoms with van der Waals surface area (Å²) in [6, 6.07) is 6.21. The van der Waals surface area contributed by atoms with Crippen molar-refractivity contribution in [2.24, 2.45) is 0 Å². The number of imide groups is 1. The zero-order valence-corrected chi connectivity index (χ0v) is 12.0. The number of carbonyl (C=O) groups excluding carboxylic acids is 4. The van der Waals surface area contributed by atoms with E-state index in [-0.39, 0.29) is 24.9 Å². The van der Waals surface area contributed by atoms with E-state index in [0.29, 0.717) is 17.7 Å². The Morgan fingerprint density at radius 1 is 1.18 bits per heavy atom. The summed E-state index contributed by atoms with van der Waals surface area (Å²) in [7, 11) is 1.67. The van der Waals surface area contributed by atoms with Gasteiger partial charge in [0.25, 0.3) is 11.8 Å². The Bertz CT molecular complexity index is 650. The molecule has 0 saturated carbocycles. The van der Waals surface area contributed by atoms with Crippen molar-refractivity contribution in [2.45, 2.75) is 12.5 Å². The SMILES string of the molecule is CN1CC(NC(=O)CN2C(=O)c3ccccc3C2=O)CC1=O. The van der Waals surface area contributed by atoms with Crippen LogP contribution in [0.3, 0.4) is 0 Å². The summed E-state index contributed by atoms with van der Waals surface area (Å²) >= 11 is 0. The average molecular weight is 301 g/mol. The molecule has 1 atom stereocenters. The van der Waals surface area contributed by atoms with E-state index >= 15 is 0 Å². The first-order valence-corrected chi connectivity index (χ1v) is 6.96. The molecular weight excluding hydrogens is 286 g/mol. The van der Waals surface area contributed by atoms with Crippen LogP contribution in [-0.4, -0.2) is 59.6 Å². The van der Waals surface area contributed by atoms with Crippen LogP contribution in [0, 0.1) is 0 Å². The maximum absolute atomic E-state index is 12.1. The highest BCUT2D eigenvalue weighted by Gasteiger charge is 2.37. The second-order valence-electron chi connectivity index (χ2n) is 5.48. The maximum Gasteiger partial charge on any atom is 0.262 e. The van der Waals surface area contributed by atoms with Crippen LogP contribution in [0.2, 0.25) is 0 Å². The number of amides is 4. The molecule has 1 aromatic carbocycles. The molecule has 2 heterocycles. The summed E-state index contributed by atoms with van der Waals surface area (Å²) in [5.74, 6) is -1.40. The van der Waals surface area contributed by atoms with E-state index in [1.54, 1.807) is 31.3 Å². The minimum Gasteiger partial charge on any atom is -0.350 e. The largest absolute Gasteiger partial charge is 0.350 e. The zero-order chi connectivity index (χ0) is 15.9. The first-order valence-electron chi connectivity index (χ1n) is 6.96. The van der Waals surface area contributed by atoms with Crippen LogP contribution in [0.1, 0.15) is 27.1 Å². The number of nitrogens with zero attached hydrogens (tertiary/aromatic N) is 2. The molecule has 114 valence electrons. The lowest BCUT2D eigenvalue weighted by Crippen LogP contribution is -2.44. The normalized spacial score (nSPS) is 20.6. The minimum absolute atomic E-state index is 0.0361. The van der Waals surface area contributed by atoms with E-state index in [1.807, 2.05) is 0 Å². The number of hydrogen-bond acceptors (Lipinski definition) is 4. The molecule has 1 fully saturated rings. The molecule has 4 amide bonds. The molecule has 2 aliphatic heterocycles. The van der Waals surface area contributed by atoms with Crippen molar-refractivity contribution in [1.82, 2.24) is 15.1 Å². The van der Waals surface area contributed by atoms with Gasteiger partial charge in [-0.3, -0.25) is 24.1 Å². The Morgan fingerprint density at radius 2 is 1.77 bits per heavy atom. The molecule has 0 radical (unpaired) electrons. The van der Waals surface area contributed by atoms with Gasteiger partial charge in [0.15, 0.2) is 0 Å². The molecule has 1 N–H and O–H groups in total. The molecule has 2 aliphatic rings. The molecule has 3 rings (SSSR count). The molecule has 0 aliphatic carbocycles. The third-order valence-corrected chi connectivity index (χ3v) is 3.89. The van der Waals surface area contributed by atoms with Gasteiger partial charge in [0.05, 0.1) is 17.2 Å². The summed E-state index contributed by atoms with van der Waals surface area (Å²) < 4.78 is 0. The Balaban J connectivity index is 1.65. The van der Waals surface area contributed by atoms with Crippen LogP contribution in [0.25, 0.3) is 0 Å². The van der Waals surface area contributed by atoms with Crippen molar-refractivity contribution in [3.63, 3.8) is 0 Å². The van der Waals surface area contributed by atoms with Crippen LogP contribution in [0.5, 0.6) is 0 Å². The van der Waals surface area contributed by atoms with Gasteiger partial charge >= 0.3 is 0 Å². The standard InChI is InChI=1S/C15H15N3O4/c1-17-7-9(6-13(17)20)16-12(19)8-18-14(21)10-4-2-3-5-11(10)15(18)22/h2-5,9H,6-8H2,1H3,(H,16,19). The lowest BCUT2D eigenvalue weighted by atomic mass is 10.1. The van der Waals surface area contributed by atoms with Crippen molar-refractivity contribution in [3.8, 4) is 0 Å². The maximum atomic E-state index is 12.1. The van der Waals surface area contributed by atoms with Gasteiger partial charge < -0.3 is 10.2 Å². The number of likely N-dealkylation sites (N-methyl/N-ethyl adjacent to an activating group) is 1. The van der Waals surface area contributed by atoms with Gasteiger partial charge in [-0.05, 0) is 12.1 Å². The number of nitrogens with one attached hydrogen (secondary N) is 1. The van der Waals surface area contributed by atoms with Gasteiger partial charge in [-0.1, -0.05) is 12.1 Å². The predicted octanol–water partition coefficient (Wildman–Crippen LogP) is -0.370. The van der Waals surface area contributed by atoms with Crippen LogP contribution in [0.4, 0.5) is 0 Å². The third kappa shape index (κ3) is 2.34. The average Bonchev–Trinajstić information content (AvgIpc) is 2.92. The topological polar surface area (TPSA) is 86.8 Å². The second kappa shape index (κ2) is 5.25. The van der Waals surface area contributed by atoms with Gasteiger partial charge in [0.1, 0.15) is 6.54 Å². The number of benzene rings is 1. The predicted molar refractivity (Wildman–Crippen MR) is 76.0 cm³/mol. The van der Waals surface area contributed by atoms with Crippen molar-refractivity contribution in [2.75, 3.05) is 20.1 Å². The Hall–Kier alpha value is -2.70. The zero-order valence-electron chi connectivity index (χ0n) is 12.0. The number of carbonyl (C=O) groups is 4. The molecule has 0 spiro atoms. The quantitative estimate of drug-likeness (QED) is 0.772. The van der Waals surface area contributed by atoms with Gasteiger partial charge in [0, 0.05) is 20.0 Å². The number of hydrogen-bond donors (Lipinski definition) is 1. The van der Waals surface area contributed by atoms with E-state index < -0.39 is 17.7 Å². The molecule has 1 unspecified atom stereocenters. The molecule has 0 aromatic heterocycles. The van der Waals surface area contributed by atoms with Gasteiger partial charge in [0.2, 0.25) is 11.8 Å². The Labute approximate surface area is 126 Å². The summed E-state index contributed by atoms with van der Waals surface area (Å²) in [5.41, 5.74) is 0.632. The van der Waals surface area contributed by atoms with Crippen molar-refractivity contribution >= 4 is 23.6 Å². The molecule has 1 saturated heterocycles. The number of likely N-dealkylation sites (tertiary alicyclic amines) is 1. The fraction of sp³-hybridized carbons (Fsp3) is 0.333. The fourth-order valence-electron chi connectivity index (χ4n) is 2.76. The molecule has 7 nitrogen and oxygen atoms in total. The highest BCUT2D eigenvalue weighted by Crippen LogP contribution is 2.22. The number of rotatable bonds is 3. The smallest absolute Gasteiger partial charge is 0.262 e. The second-order valence-corrected chi connectivity index (χ2v) is 5.48. The highest BCUT2D eigenvalue weighted by molar-refractivity contribution is 6.22. The molecular formula is C15H15N3O4. The van der Waals surface area contributed by atoms with Crippen LogP contribution in [0.15, 0.2) is 24.3 Å². The molecule has 0 bridgehead atoms. The van der Waals surface area contributed by atoms with E-state index in [4.69, 9.17) is 0 Å². The third-order valence-electron chi connectivity index (χ3n) is 3.89. The Morgan fingerprint density at radius 3 is 2.27 bits per heavy atom. The van der Waals surface area contributed by atoms with E-state index in [2.05, 4.69) is 5.32 Å². The molecule has 7 heteroatoms. The molecule has 22 heavy (non-hydrogen) atoms. The monoisotopic (exact) mass is 301 g/mol. The van der Waals surface area contributed by atoms with Crippen LogP contribution < -0.4 is 5.32 Å².